The minimum absolute atomic E-state index is 0.252. The van der Waals surface area contributed by atoms with Crippen LogP contribution in [0.3, 0.4) is 0 Å². The van der Waals surface area contributed by atoms with Gasteiger partial charge in [-0.25, -0.2) is 0 Å². The van der Waals surface area contributed by atoms with E-state index in [9.17, 15) is 4.79 Å². The van der Waals surface area contributed by atoms with Crippen LogP contribution in [0.15, 0.2) is 30.3 Å². The van der Waals surface area contributed by atoms with Gasteiger partial charge in [-0.15, -0.1) is 0 Å². The van der Waals surface area contributed by atoms with Crippen LogP contribution in [0.5, 0.6) is 0 Å². The van der Waals surface area contributed by atoms with Gasteiger partial charge in [0, 0.05) is 24.1 Å². The van der Waals surface area contributed by atoms with Crippen LogP contribution in [0, 0.1) is 16.7 Å². The largest absolute Gasteiger partial charge is 0.302 e. The molecule has 1 aromatic rings. The molecule has 1 aliphatic heterocycles. The summed E-state index contributed by atoms with van der Waals surface area (Å²) in [7, 11) is 0. The topological polar surface area (TPSA) is 20.3 Å². The lowest BCUT2D eigenvalue weighted by molar-refractivity contribution is 0.0775. The first-order valence-corrected chi connectivity index (χ1v) is 8.02. The average Bonchev–Trinajstić information content (AvgIpc) is 2.86. The van der Waals surface area contributed by atoms with E-state index in [0.29, 0.717) is 5.41 Å². The van der Waals surface area contributed by atoms with Gasteiger partial charge in [0.25, 0.3) is 0 Å². The number of carbonyl (C=O) groups excluding carboxylic acids is 1. The predicted molar refractivity (Wildman–Crippen MR) is 88.6 cm³/mol. The maximum atomic E-state index is 12.7. The Hall–Kier alpha value is -1.15. The second-order valence-corrected chi connectivity index (χ2v) is 8.17. The van der Waals surface area contributed by atoms with E-state index in [1.54, 1.807) is 0 Å². The Labute approximate surface area is 129 Å². The van der Waals surface area contributed by atoms with Gasteiger partial charge in [-0.3, -0.25) is 4.79 Å². The Morgan fingerprint density at radius 1 is 1.14 bits per heavy atom. The van der Waals surface area contributed by atoms with Crippen molar-refractivity contribution < 1.29 is 4.79 Å². The fraction of sp³-hybridized carbons (Fsp3) is 0.632. The molecular formula is C19H29NO. The normalized spacial score (nSPS) is 20.7. The number of nitrogens with zero attached hydrogens (tertiary/aromatic N) is 1. The van der Waals surface area contributed by atoms with Crippen LogP contribution in [0.25, 0.3) is 0 Å². The van der Waals surface area contributed by atoms with Gasteiger partial charge in [0.2, 0.25) is 0 Å². The molecule has 0 N–H and O–H groups in total. The van der Waals surface area contributed by atoms with E-state index in [0.717, 1.165) is 31.1 Å². The van der Waals surface area contributed by atoms with Gasteiger partial charge in [-0.05, 0) is 24.3 Å². The van der Waals surface area contributed by atoms with Gasteiger partial charge in [0.05, 0.1) is 0 Å². The summed E-state index contributed by atoms with van der Waals surface area (Å²) in [6, 6.07) is 9.68. The molecule has 2 heteroatoms. The third kappa shape index (κ3) is 3.94. The van der Waals surface area contributed by atoms with Gasteiger partial charge in [0.1, 0.15) is 0 Å². The number of hydrogen-bond donors (Lipinski definition) is 0. The SMILES string of the molecule is CC(C)(CN1CCC(C(C)(C)C)C1)C(=O)c1ccccc1. The van der Waals surface area contributed by atoms with Gasteiger partial charge in [0.15, 0.2) is 5.78 Å². The lowest BCUT2D eigenvalue weighted by atomic mass is 9.80. The second kappa shape index (κ2) is 5.92. The van der Waals surface area contributed by atoms with Crippen molar-refractivity contribution in [3.63, 3.8) is 0 Å². The average molecular weight is 287 g/mol. The molecule has 1 aliphatic rings. The lowest BCUT2D eigenvalue weighted by Crippen LogP contribution is -2.39. The van der Waals surface area contributed by atoms with Gasteiger partial charge in [-0.2, -0.15) is 0 Å². The molecule has 21 heavy (non-hydrogen) atoms. The Balaban J connectivity index is 2.00. The fourth-order valence-corrected chi connectivity index (χ4v) is 3.29. The molecule has 2 nitrogen and oxygen atoms in total. The van der Waals surface area contributed by atoms with Gasteiger partial charge >= 0.3 is 0 Å². The van der Waals surface area contributed by atoms with E-state index < -0.39 is 0 Å². The van der Waals surface area contributed by atoms with Crippen LogP contribution in [-0.4, -0.2) is 30.3 Å². The molecule has 1 atom stereocenters. The molecule has 1 fully saturated rings. The van der Waals surface area contributed by atoms with Crippen LogP contribution in [0.2, 0.25) is 0 Å². The van der Waals surface area contributed by atoms with Crippen LogP contribution >= 0.6 is 0 Å². The number of carbonyl (C=O) groups is 1. The number of rotatable bonds is 4. The lowest BCUT2D eigenvalue weighted by Gasteiger charge is -2.31. The van der Waals surface area contributed by atoms with E-state index in [1.165, 1.54) is 6.42 Å². The Morgan fingerprint density at radius 2 is 1.76 bits per heavy atom. The zero-order valence-corrected chi connectivity index (χ0v) is 14.1. The highest BCUT2D eigenvalue weighted by Gasteiger charge is 2.36. The third-order valence-electron chi connectivity index (χ3n) is 4.77. The molecule has 1 heterocycles. The van der Waals surface area contributed by atoms with E-state index in [2.05, 4.69) is 39.5 Å². The minimum Gasteiger partial charge on any atom is -0.302 e. The Kier molecular flexibility index (Phi) is 4.57. The molecule has 1 aromatic carbocycles. The predicted octanol–water partition coefficient (Wildman–Crippen LogP) is 4.26. The monoisotopic (exact) mass is 287 g/mol. The maximum absolute atomic E-state index is 12.7. The number of benzene rings is 1. The molecule has 116 valence electrons. The number of Topliss-reactive ketones (excluding diaryl/α,β-unsaturated/α-hetero) is 1. The molecule has 0 spiro atoms. The number of likely N-dealkylation sites (tertiary alicyclic amines) is 1. The molecular weight excluding hydrogens is 258 g/mol. The summed E-state index contributed by atoms with van der Waals surface area (Å²) >= 11 is 0. The van der Waals surface area contributed by atoms with E-state index in [4.69, 9.17) is 0 Å². The molecule has 0 radical (unpaired) electrons. The highest BCUT2D eigenvalue weighted by molar-refractivity contribution is 6.00. The van der Waals surface area contributed by atoms with Crippen molar-refractivity contribution >= 4 is 5.78 Å². The number of ketones is 1. The minimum atomic E-state index is -0.325. The van der Waals surface area contributed by atoms with Crippen molar-refractivity contribution in [3.8, 4) is 0 Å². The van der Waals surface area contributed by atoms with Crippen LogP contribution < -0.4 is 0 Å². The summed E-state index contributed by atoms with van der Waals surface area (Å²) in [5.74, 6) is 0.988. The molecule has 2 rings (SSSR count). The highest BCUT2D eigenvalue weighted by Crippen LogP contribution is 2.35. The van der Waals surface area contributed by atoms with Crippen LogP contribution in [0.4, 0.5) is 0 Å². The van der Waals surface area contributed by atoms with Crippen molar-refractivity contribution in [2.45, 2.75) is 41.0 Å². The van der Waals surface area contributed by atoms with Gasteiger partial charge < -0.3 is 4.90 Å². The number of hydrogen-bond acceptors (Lipinski definition) is 2. The molecule has 0 amide bonds. The van der Waals surface area contributed by atoms with Crippen molar-refractivity contribution in [1.82, 2.24) is 4.90 Å². The standard InChI is InChI=1S/C19H29NO/c1-18(2,3)16-11-12-20(13-16)14-19(4,5)17(21)15-9-7-6-8-10-15/h6-10,16H,11-14H2,1-5H3. The first-order valence-electron chi connectivity index (χ1n) is 8.02. The van der Waals surface area contributed by atoms with Crippen LogP contribution in [-0.2, 0) is 0 Å². The first-order chi connectivity index (χ1) is 9.70. The maximum Gasteiger partial charge on any atom is 0.169 e. The first kappa shape index (κ1) is 16.2. The van der Waals surface area contributed by atoms with Crippen molar-refractivity contribution in [3.05, 3.63) is 35.9 Å². The van der Waals surface area contributed by atoms with Crippen LogP contribution in [0.1, 0.15) is 51.4 Å². The van der Waals surface area contributed by atoms with Crippen molar-refractivity contribution in [2.75, 3.05) is 19.6 Å². The molecule has 0 aromatic heterocycles. The molecule has 0 aliphatic carbocycles. The van der Waals surface area contributed by atoms with E-state index >= 15 is 0 Å². The van der Waals surface area contributed by atoms with Crippen molar-refractivity contribution in [2.24, 2.45) is 16.7 Å². The quantitative estimate of drug-likeness (QED) is 0.771. The zero-order chi connectivity index (χ0) is 15.7. The second-order valence-electron chi connectivity index (χ2n) is 8.17. The summed E-state index contributed by atoms with van der Waals surface area (Å²) in [6.45, 7) is 14.2. The summed E-state index contributed by atoms with van der Waals surface area (Å²) in [5, 5.41) is 0. The molecule has 1 saturated heterocycles. The Bertz CT molecular complexity index is 484. The summed E-state index contributed by atoms with van der Waals surface area (Å²) in [4.78, 5) is 15.2. The zero-order valence-electron chi connectivity index (χ0n) is 14.1. The van der Waals surface area contributed by atoms with E-state index in [1.807, 2.05) is 30.3 Å². The fourth-order valence-electron chi connectivity index (χ4n) is 3.29. The van der Waals surface area contributed by atoms with E-state index in [-0.39, 0.29) is 11.2 Å². The van der Waals surface area contributed by atoms with Gasteiger partial charge in [-0.1, -0.05) is 65.0 Å². The summed E-state index contributed by atoms with van der Waals surface area (Å²) in [6.07, 6.45) is 1.25. The molecule has 0 saturated carbocycles. The summed E-state index contributed by atoms with van der Waals surface area (Å²) < 4.78 is 0. The summed E-state index contributed by atoms with van der Waals surface area (Å²) in [5.41, 5.74) is 0.866. The molecule has 1 unspecified atom stereocenters. The Morgan fingerprint density at radius 3 is 2.29 bits per heavy atom. The smallest absolute Gasteiger partial charge is 0.169 e. The van der Waals surface area contributed by atoms with Crippen molar-refractivity contribution in [1.29, 1.82) is 0 Å². The third-order valence-corrected chi connectivity index (χ3v) is 4.77. The molecule has 0 bridgehead atoms. The highest BCUT2D eigenvalue weighted by atomic mass is 16.1.